The van der Waals surface area contributed by atoms with E-state index in [1.807, 2.05) is 13.0 Å². The van der Waals surface area contributed by atoms with Crippen LogP contribution in [0.3, 0.4) is 0 Å². The molecule has 0 saturated heterocycles. The molecule has 0 saturated carbocycles. The van der Waals surface area contributed by atoms with E-state index in [-0.39, 0.29) is 11.9 Å². The molecule has 5 nitrogen and oxygen atoms in total. The molecule has 1 aliphatic heterocycles. The van der Waals surface area contributed by atoms with Crippen LogP contribution in [0.2, 0.25) is 0 Å². The normalized spacial score (nSPS) is 14.3. The van der Waals surface area contributed by atoms with Gasteiger partial charge in [-0.1, -0.05) is 17.3 Å². The highest BCUT2D eigenvalue weighted by Crippen LogP contribution is 2.26. The van der Waals surface area contributed by atoms with Crippen LogP contribution in [0.15, 0.2) is 22.7 Å². The first-order valence-corrected chi connectivity index (χ1v) is 7.53. The number of rotatable bonds is 4. The zero-order valence-electron chi connectivity index (χ0n) is 13.1. The highest BCUT2D eigenvalue weighted by molar-refractivity contribution is 5.96. The molecule has 1 N–H and O–H groups in total. The number of aryl methyl sites for hydroxylation is 2. The third kappa shape index (κ3) is 2.84. The fraction of sp³-hybridized carbons (Fsp3) is 0.412. The Balaban J connectivity index is 1.65. The van der Waals surface area contributed by atoms with Gasteiger partial charge in [0.15, 0.2) is 0 Å². The molecule has 0 bridgehead atoms. The lowest BCUT2D eigenvalue weighted by molar-refractivity contribution is 0.0938. The van der Waals surface area contributed by atoms with Crippen molar-refractivity contribution in [2.45, 2.75) is 39.7 Å². The Morgan fingerprint density at radius 1 is 1.41 bits per heavy atom. The molecule has 116 valence electrons. The molecule has 3 rings (SSSR count). The van der Waals surface area contributed by atoms with Gasteiger partial charge in [0.2, 0.25) is 0 Å². The van der Waals surface area contributed by atoms with Crippen LogP contribution in [0.1, 0.15) is 39.9 Å². The lowest BCUT2D eigenvalue weighted by Gasteiger charge is -2.14. The molecular formula is C17H20N2O3. The summed E-state index contributed by atoms with van der Waals surface area (Å²) in [4.78, 5) is 12.3. The van der Waals surface area contributed by atoms with E-state index < -0.39 is 0 Å². The highest BCUT2D eigenvalue weighted by atomic mass is 16.5. The molecule has 0 spiro atoms. The maximum absolute atomic E-state index is 12.3. The Bertz CT molecular complexity index is 686. The van der Waals surface area contributed by atoms with Crippen molar-refractivity contribution in [3.8, 4) is 5.75 Å². The summed E-state index contributed by atoms with van der Waals surface area (Å²) in [5, 5.41) is 6.83. The number of amides is 1. The Labute approximate surface area is 129 Å². The zero-order valence-corrected chi connectivity index (χ0v) is 13.1. The van der Waals surface area contributed by atoms with Gasteiger partial charge in [0, 0.05) is 12.5 Å². The van der Waals surface area contributed by atoms with Gasteiger partial charge in [-0.25, -0.2) is 0 Å². The van der Waals surface area contributed by atoms with Crippen LogP contribution in [0.4, 0.5) is 0 Å². The van der Waals surface area contributed by atoms with Gasteiger partial charge in [0.1, 0.15) is 17.1 Å². The Kier molecular flexibility index (Phi) is 3.88. The molecule has 1 aromatic carbocycles. The van der Waals surface area contributed by atoms with Crippen molar-refractivity contribution in [1.82, 2.24) is 10.5 Å². The Morgan fingerprint density at radius 3 is 2.95 bits per heavy atom. The minimum atomic E-state index is -0.131. The summed E-state index contributed by atoms with van der Waals surface area (Å²) in [6, 6.07) is 6.27. The molecular weight excluding hydrogens is 280 g/mol. The fourth-order valence-corrected chi connectivity index (χ4v) is 2.87. The second-order valence-corrected chi connectivity index (χ2v) is 5.82. The molecule has 1 aliphatic rings. The second-order valence-electron chi connectivity index (χ2n) is 5.82. The summed E-state index contributed by atoms with van der Waals surface area (Å²) < 4.78 is 10.6. The third-order valence-corrected chi connectivity index (χ3v) is 3.93. The van der Waals surface area contributed by atoms with Gasteiger partial charge < -0.3 is 14.6 Å². The number of nitrogens with one attached hydrogen (secondary N) is 1. The van der Waals surface area contributed by atoms with Gasteiger partial charge in [-0.2, -0.15) is 0 Å². The predicted octanol–water partition coefficient (Wildman–Crippen LogP) is 2.59. The summed E-state index contributed by atoms with van der Waals surface area (Å²) in [6.07, 6.45) is 1.74. The fourth-order valence-electron chi connectivity index (χ4n) is 2.87. The van der Waals surface area contributed by atoms with Crippen LogP contribution in [0.5, 0.6) is 5.75 Å². The van der Waals surface area contributed by atoms with Crippen LogP contribution in [0.25, 0.3) is 0 Å². The lowest BCUT2D eigenvalue weighted by Crippen LogP contribution is -2.34. The van der Waals surface area contributed by atoms with Crippen LogP contribution in [-0.2, 0) is 12.8 Å². The monoisotopic (exact) mass is 300 g/mol. The van der Waals surface area contributed by atoms with Crippen molar-refractivity contribution in [2.75, 3.05) is 6.61 Å². The number of hydrogen-bond acceptors (Lipinski definition) is 4. The molecule has 2 heterocycles. The van der Waals surface area contributed by atoms with Crippen molar-refractivity contribution < 1.29 is 14.1 Å². The van der Waals surface area contributed by atoms with Gasteiger partial charge in [-0.3, -0.25) is 4.79 Å². The van der Waals surface area contributed by atoms with Crippen molar-refractivity contribution in [2.24, 2.45) is 0 Å². The van der Waals surface area contributed by atoms with Gasteiger partial charge in [0.05, 0.1) is 12.3 Å². The number of benzene rings is 1. The molecule has 1 atom stereocenters. The van der Waals surface area contributed by atoms with E-state index in [9.17, 15) is 4.79 Å². The Morgan fingerprint density at radius 2 is 2.23 bits per heavy atom. The van der Waals surface area contributed by atoms with Crippen LogP contribution in [0, 0.1) is 13.8 Å². The molecule has 0 radical (unpaired) electrons. The van der Waals surface area contributed by atoms with Crippen molar-refractivity contribution >= 4 is 5.91 Å². The number of fused-ring (bicyclic) bond motifs is 1. The SMILES string of the molecule is Cc1noc(C)c1C(=O)NC(C)Cc1ccc2c(c1)CCO2. The summed E-state index contributed by atoms with van der Waals surface area (Å²) >= 11 is 0. The number of carbonyl (C=O) groups is 1. The minimum absolute atomic E-state index is 0.0292. The summed E-state index contributed by atoms with van der Waals surface area (Å²) in [5.41, 5.74) is 3.61. The number of nitrogens with zero attached hydrogens (tertiary/aromatic N) is 1. The molecule has 1 aromatic heterocycles. The first-order valence-electron chi connectivity index (χ1n) is 7.53. The smallest absolute Gasteiger partial charge is 0.257 e. The molecule has 1 amide bonds. The second kappa shape index (κ2) is 5.83. The molecule has 2 aromatic rings. The van der Waals surface area contributed by atoms with Crippen LogP contribution in [-0.4, -0.2) is 23.7 Å². The maximum Gasteiger partial charge on any atom is 0.257 e. The number of ether oxygens (including phenoxy) is 1. The van der Waals surface area contributed by atoms with E-state index in [0.717, 1.165) is 25.2 Å². The van der Waals surface area contributed by atoms with Crippen LogP contribution >= 0.6 is 0 Å². The van der Waals surface area contributed by atoms with Crippen LogP contribution < -0.4 is 10.1 Å². The molecule has 5 heteroatoms. The first-order chi connectivity index (χ1) is 10.5. The largest absolute Gasteiger partial charge is 0.493 e. The number of carbonyl (C=O) groups excluding carboxylic acids is 1. The highest BCUT2D eigenvalue weighted by Gasteiger charge is 2.19. The quantitative estimate of drug-likeness (QED) is 0.942. The van der Waals surface area contributed by atoms with Gasteiger partial charge in [0.25, 0.3) is 5.91 Å². The standard InChI is InChI=1S/C17H20N2O3/c1-10(18-17(20)16-11(2)19-22-12(16)3)8-13-4-5-15-14(9-13)6-7-21-15/h4-5,9-10H,6-8H2,1-3H3,(H,18,20). The van der Waals surface area contributed by atoms with Gasteiger partial charge in [-0.15, -0.1) is 0 Å². The van der Waals surface area contributed by atoms with E-state index in [2.05, 4.69) is 22.6 Å². The first kappa shape index (κ1) is 14.6. The average Bonchev–Trinajstić information content (AvgIpc) is 3.04. The summed E-state index contributed by atoms with van der Waals surface area (Å²) in [7, 11) is 0. The topological polar surface area (TPSA) is 64.4 Å². The zero-order chi connectivity index (χ0) is 15.7. The molecule has 0 aliphatic carbocycles. The maximum atomic E-state index is 12.3. The summed E-state index contributed by atoms with van der Waals surface area (Å²) in [6.45, 7) is 6.29. The van der Waals surface area contributed by atoms with Gasteiger partial charge in [-0.05, 0) is 44.4 Å². The molecule has 22 heavy (non-hydrogen) atoms. The van der Waals surface area contributed by atoms with E-state index >= 15 is 0 Å². The minimum Gasteiger partial charge on any atom is -0.493 e. The van der Waals surface area contributed by atoms with E-state index in [1.54, 1.807) is 13.8 Å². The number of aromatic nitrogens is 1. The molecule has 0 fully saturated rings. The third-order valence-electron chi connectivity index (χ3n) is 3.93. The number of hydrogen-bond donors (Lipinski definition) is 1. The predicted molar refractivity (Wildman–Crippen MR) is 82.3 cm³/mol. The van der Waals surface area contributed by atoms with E-state index in [0.29, 0.717) is 17.0 Å². The summed E-state index contributed by atoms with van der Waals surface area (Å²) in [5.74, 6) is 1.40. The van der Waals surface area contributed by atoms with E-state index in [4.69, 9.17) is 9.26 Å². The van der Waals surface area contributed by atoms with Crippen molar-refractivity contribution in [3.05, 3.63) is 46.3 Å². The van der Waals surface area contributed by atoms with Gasteiger partial charge >= 0.3 is 0 Å². The molecule has 1 unspecified atom stereocenters. The van der Waals surface area contributed by atoms with E-state index in [1.165, 1.54) is 11.1 Å². The lowest BCUT2D eigenvalue weighted by atomic mass is 10.0. The average molecular weight is 300 g/mol. The van der Waals surface area contributed by atoms with Crippen molar-refractivity contribution in [1.29, 1.82) is 0 Å². The van der Waals surface area contributed by atoms with Crippen molar-refractivity contribution in [3.63, 3.8) is 0 Å². The Hall–Kier alpha value is -2.30.